The van der Waals surface area contributed by atoms with Crippen LogP contribution in [-0.4, -0.2) is 42.9 Å². The summed E-state index contributed by atoms with van der Waals surface area (Å²) in [4.78, 5) is 26.9. The van der Waals surface area contributed by atoms with E-state index in [4.69, 9.17) is 0 Å². The first-order valence-corrected chi connectivity index (χ1v) is 9.49. The first kappa shape index (κ1) is 17.4. The van der Waals surface area contributed by atoms with Gasteiger partial charge in [0.1, 0.15) is 0 Å². The van der Waals surface area contributed by atoms with Crippen LogP contribution in [0.2, 0.25) is 0 Å². The lowest BCUT2D eigenvalue weighted by Gasteiger charge is -2.34. The molecule has 1 aromatic rings. The Morgan fingerprint density at radius 3 is 2.25 bits per heavy atom. The van der Waals surface area contributed by atoms with Crippen LogP contribution in [0.15, 0.2) is 28.7 Å². The summed E-state index contributed by atoms with van der Waals surface area (Å²) < 4.78 is 0.991. The molecule has 6 heteroatoms. The number of carbonyl (C=O) groups is 2. The maximum absolute atomic E-state index is 12.5. The molecule has 0 saturated carbocycles. The molecule has 2 amide bonds. The topological polar surface area (TPSA) is 61.4 Å². The van der Waals surface area contributed by atoms with Gasteiger partial charge in [-0.3, -0.25) is 9.59 Å². The molecule has 0 aromatic heterocycles. The second-order valence-corrected chi connectivity index (χ2v) is 7.54. The lowest BCUT2D eigenvalue weighted by atomic mass is 9.92. The van der Waals surface area contributed by atoms with Crippen molar-refractivity contribution >= 4 is 33.4 Å². The minimum absolute atomic E-state index is 0.00859. The van der Waals surface area contributed by atoms with Gasteiger partial charge in [0.15, 0.2) is 0 Å². The van der Waals surface area contributed by atoms with Crippen LogP contribution in [0.4, 0.5) is 5.69 Å². The largest absolute Gasteiger partial charge is 0.342 e. The van der Waals surface area contributed by atoms with Crippen molar-refractivity contribution in [3.8, 4) is 0 Å². The fourth-order valence-corrected chi connectivity index (χ4v) is 3.73. The molecule has 0 spiro atoms. The van der Waals surface area contributed by atoms with Crippen molar-refractivity contribution in [2.45, 2.75) is 25.7 Å². The van der Waals surface area contributed by atoms with E-state index < -0.39 is 0 Å². The number of benzene rings is 1. The molecule has 5 nitrogen and oxygen atoms in total. The molecule has 0 aliphatic carbocycles. The summed E-state index contributed by atoms with van der Waals surface area (Å²) >= 11 is 3.39. The lowest BCUT2D eigenvalue weighted by Crippen LogP contribution is -2.46. The van der Waals surface area contributed by atoms with Crippen LogP contribution in [0.3, 0.4) is 0 Å². The predicted octanol–water partition coefficient (Wildman–Crippen LogP) is 2.63. The monoisotopic (exact) mass is 393 g/mol. The van der Waals surface area contributed by atoms with Gasteiger partial charge in [-0.2, -0.15) is 0 Å². The molecule has 0 atom stereocenters. The summed E-state index contributed by atoms with van der Waals surface area (Å²) in [5, 5.41) is 6.27. The highest BCUT2D eigenvalue weighted by atomic mass is 79.9. The normalized spacial score (nSPS) is 20.0. The van der Waals surface area contributed by atoms with E-state index in [1.54, 1.807) is 0 Å². The standard InChI is InChI=1S/C18H24BrN3O2/c19-15-1-3-16(4-2-15)21-17(23)13-7-11-22(12-8-13)18(24)14-5-9-20-10-6-14/h1-4,13-14,20H,5-12H2,(H,21,23). The van der Waals surface area contributed by atoms with Crippen molar-refractivity contribution in [3.63, 3.8) is 0 Å². The van der Waals surface area contributed by atoms with Crippen molar-refractivity contribution in [1.82, 2.24) is 10.2 Å². The number of amides is 2. The molecular weight excluding hydrogens is 370 g/mol. The van der Waals surface area contributed by atoms with E-state index in [0.717, 1.165) is 48.9 Å². The molecule has 0 radical (unpaired) electrons. The van der Waals surface area contributed by atoms with Gasteiger partial charge in [-0.15, -0.1) is 0 Å². The third-order valence-corrected chi connectivity index (χ3v) is 5.51. The summed E-state index contributed by atoms with van der Waals surface area (Å²) in [5.74, 6) is 0.500. The highest BCUT2D eigenvalue weighted by Crippen LogP contribution is 2.23. The molecule has 2 N–H and O–H groups in total. The smallest absolute Gasteiger partial charge is 0.227 e. The SMILES string of the molecule is O=C(Nc1ccc(Br)cc1)C1CCN(C(=O)C2CCNCC2)CC1. The van der Waals surface area contributed by atoms with E-state index in [1.807, 2.05) is 29.2 Å². The molecule has 3 rings (SSSR count). The first-order chi connectivity index (χ1) is 11.6. The molecule has 2 aliphatic heterocycles. The fourth-order valence-electron chi connectivity index (χ4n) is 3.47. The Morgan fingerprint density at radius 2 is 1.62 bits per heavy atom. The van der Waals surface area contributed by atoms with Crippen LogP contribution in [0.1, 0.15) is 25.7 Å². The maximum atomic E-state index is 12.5. The second-order valence-electron chi connectivity index (χ2n) is 6.62. The Hall–Kier alpha value is -1.40. The van der Waals surface area contributed by atoms with Gasteiger partial charge < -0.3 is 15.5 Å². The van der Waals surface area contributed by atoms with Gasteiger partial charge >= 0.3 is 0 Å². The molecule has 130 valence electrons. The van der Waals surface area contributed by atoms with Gasteiger partial charge in [0.2, 0.25) is 11.8 Å². The van der Waals surface area contributed by atoms with Crippen LogP contribution >= 0.6 is 15.9 Å². The Morgan fingerprint density at radius 1 is 1.00 bits per heavy atom. The third kappa shape index (κ3) is 4.36. The van der Waals surface area contributed by atoms with Gasteiger partial charge in [0.05, 0.1) is 0 Å². The number of hydrogen-bond donors (Lipinski definition) is 2. The number of likely N-dealkylation sites (tertiary alicyclic amines) is 1. The molecule has 2 heterocycles. The van der Waals surface area contributed by atoms with Crippen LogP contribution < -0.4 is 10.6 Å². The van der Waals surface area contributed by atoms with E-state index in [9.17, 15) is 9.59 Å². The second kappa shape index (κ2) is 8.12. The number of halogens is 1. The van der Waals surface area contributed by atoms with Gasteiger partial charge in [-0.25, -0.2) is 0 Å². The molecule has 24 heavy (non-hydrogen) atoms. The van der Waals surface area contributed by atoms with Crippen molar-refractivity contribution in [2.24, 2.45) is 11.8 Å². The van der Waals surface area contributed by atoms with E-state index >= 15 is 0 Å². The quantitative estimate of drug-likeness (QED) is 0.829. The van der Waals surface area contributed by atoms with Crippen LogP contribution in [-0.2, 0) is 9.59 Å². The van der Waals surface area contributed by atoms with Gasteiger partial charge in [0.25, 0.3) is 0 Å². The zero-order chi connectivity index (χ0) is 16.9. The molecule has 0 unspecified atom stereocenters. The zero-order valence-corrected chi connectivity index (χ0v) is 15.3. The lowest BCUT2D eigenvalue weighted by molar-refractivity contribution is -0.139. The molecule has 2 fully saturated rings. The zero-order valence-electron chi connectivity index (χ0n) is 13.8. The summed E-state index contributed by atoms with van der Waals surface area (Å²) in [6, 6.07) is 7.60. The van der Waals surface area contributed by atoms with Crippen LogP contribution in [0, 0.1) is 11.8 Å². The average molecular weight is 394 g/mol. The van der Waals surface area contributed by atoms with Crippen LogP contribution in [0.25, 0.3) is 0 Å². The number of nitrogens with one attached hydrogen (secondary N) is 2. The summed E-state index contributed by atoms with van der Waals surface area (Å²) in [5.41, 5.74) is 0.816. The number of hydrogen-bond acceptors (Lipinski definition) is 3. The van der Waals surface area contributed by atoms with E-state index in [2.05, 4.69) is 26.6 Å². The van der Waals surface area contributed by atoms with E-state index in [1.165, 1.54) is 0 Å². The van der Waals surface area contributed by atoms with Crippen molar-refractivity contribution < 1.29 is 9.59 Å². The van der Waals surface area contributed by atoms with E-state index in [0.29, 0.717) is 13.1 Å². The number of carbonyl (C=O) groups excluding carboxylic acids is 2. The molecule has 2 saturated heterocycles. The number of rotatable bonds is 3. The summed E-state index contributed by atoms with van der Waals surface area (Å²) in [7, 11) is 0. The van der Waals surface area contributed by atoms with E-state index in [-0.39, 0.29) is 23.7 Å². The summed E-state index contributed by atoms with van der Waals surface area (Å²) in [6.07, 6.45) is 3.36. The molecular formula is C18H24BrN3O2. The highest BCUT2D eigenvalue weighted by molar-refractivity contribution is 9.10. The Labute approximate surface area is 151 Å². The Balaban J connectivity index is 1.48. The van der Waals surface area contributed by atoms with Gasteiger partial charge in [-0.1, -0.05) is 15.9 Å². The minimum Gasteiger partial charge on any atom is -0.342 e. The van der Waals surface area contributed by atoms with Crippen molar-refractivity contribution in [1.29, 1.82) is 0 Å². The molecule has 1 aromatic carbocycles. The fraction of sp³-hybridized carbons (Fsp3) is 0.556. The average Bonchev–Trinajstić information content (AvgIpc) is 2.64. The third-order valence-electron chi connectivity index (χ3n) is 4.98. The minimum atomic E-state index is -0.00859. The number of nitrogens with zero attached hydrogens (tertiary/aromatic N) is 1. The van der Waals surface area contributed by atoms with Crippen molar-refractivity contribution in [3.05, 3.63) is 28.7 Å². The summed E-state index contributed by atoms with van der Waals surface area (Å²) in [6.45, 7) is 3.26. The molecule has 2 aliphatic rings. The molecule has 0 bridgehead atoms. The Kier molecular flexibility index (Phi) is 5.89. The van der Waals surface area contributed by atoms with Crippen molar-refractivity contribution in [2.75, 3.05) is 31.5 Å². The number of piperidine rings is 2. The van der Waals surface area contributed by atoms with Gasteiger partial charge in [0, 0.05) is 35.1 Å². The van der Waals surface area contributed by atoms with Crippen LogP contribution in [0.5, 0.6) is 0 Å². The number of anilines is 1. The Bertz CT molecular complexity index is 576. The first-order valence-electron chi connectivity index (χ1n) is 8.69. The highest BCUT2D eigenvalue weighted by Gasteiger charge is 2.31. The maximum Gasteiger partial charge on any atom is 0.227 e. The predicted molar refractivity (Wildman–Crippen MR) is 97.7 cm³/mol. The van der Waals surface area contributed by atoms with Gasteiger partial charge in [-0.05, 0) is 63.0 Å².